The third-order valence-corrected chi connectivity index (χ3v) is 3.78. The third-order valence-electron chi connectivity index (χ3n) is 3.78. The van der Waals surface area contributed by atoms with Crippen molar-refractivity contribution in [2.24, 2.45) is 5.92 Å². The van der Waals surface area contributed by atoms with Gasteiger partial charge >= 0.3 is 12.4 Å². The van der Waals surface area contributed by atoms with Crippen LogP contribution in [0.3, 0.4) is 0 Å². The molecule has 1 aromatic rings. The fourth-order valence-corrected chi connectivity index (χ4v) is 2.75. The highest BCUT2D eigenvalue weighted by Gasteiger charge is 2.47. The summed E-state index contributed by atoms with van der Waals surface area (Å²) in [7, 11) is 0. The molecular weight excluding hydrogens is 287 g/mol. The second-order valence-electron chi connectivity index (χ2n) is 5.21. The fraction of sp³-hybridized carbons (Fsp3) is 0.462. The summed E-state index contributed by atoms with van der Waals surface area (Å²) in [6.45, 7) is 0.916. The van der Waals surface area contributed by atoms with Crippen molar-refractivity contribution in [2.75, 3.05) is 11.9 Å². The van der Waals surface area contributed by atoms with Gasteiger partial charge in [-0.1, -0.05) is 0 Å². The molecule has 1 aliphatic carbocycles. The molecule has 0 aromatic heterocycles. The summed E-state index contributed by atoms with van der Waals surface area (Å²) in [4.78, 5) is 11.8. The van der Waals surface area contributed by atoms with E-state index in [0.29, 0.717) is 17.6 Å². The fourth-order valence-electron chi connectivity index (χ4n) is 2.75. The Morgan fingerprint density at radius 3 is 2.52 bits per heavy atom. The first-order chi connectivity index (χ1) is 9.90. The zero-order valence-corrected chi connectivity index (χ0v) is 10.9. The van der Waals surface area contributed by atoms with Crippen LogP contribution in [0.4, 0.5) is 23.7 Å². The minimum Gasteiger partial charge on any atom is -0.406 e. The summed E-state index contributed by atoms with van der Waals surface area (Å²) < 4.78 is 39.8. The Hall–Kier alpha value is -1.96. The van der Waals surface area contributed by atoms with E-state index in [4.69, 9.17) is 0 Å². The molecule has 1 unspecified atom stereocenters. The summed E-state index contributed by atoms with van der Waals surface area (Å²) in [6.07, 6.45) is -3.64. The average molecular weight is 301 g/mol. The van der Waals surface area contributed by atoms with E-state index in [1.165, 1.54) is 12.1 Å². The van der Waals surface area contributed by atoms with Crippen LogP contribution in [0.2, 0.25) is 0 Å². The van der Waals surface area contributed by atoms with Crippen molar-refractivity contribution >= 4 is 11.7 Å². The number of amides is 2. The van der Waals surface area contributed by atoms with Gasteiger partial charge in [-0.2, -0.15) is 0 Å². The predicted octanol–water partition coefficient (Wildman–Crippen LogP) is 2.07. The van der Waals surface area contributed by atoms with E-state index in [2.05, 4.69) is 20.7 Å². The largest absolute Gasteiger partial charge is 0.573 e. The zero-order valence-electron chi connectivity index (χ0n) is 10.9. The maximum atomic E-state index is 12.0. The minimum absolute atomic E-state index is 0.137. The normalized spacial score (nSPS) is 26.9. The van der Waals surface area contributed by atoms with Gasteiger partial charge in [-0.25, -0.2) is 4.79 Å². The van der Waals surface area contributed by atoms with Gasteiger partial charge in [0.25, 0.3) is 0 Å². The highest BCUT2D eigenvalue weighted by Crippen LogP contribution is 2.33. The number of urea groups is 1. The van der Waals surface area contributed by atoms with Gasteiger partial charge in [-0.3, -0.25) is 0 Å². The van der Waals surface area contributed by atoms with Gasteiger partial charge in [0.15, 0.2) is 0 Å². The van der Waals surface area contributed by atoms with Crippen molar-refractivity contribution in [3.05, 3.63) is 24.3 Å². The smallest absolute Gasteiger partial charge is 0.406 e. The molecule has 0 spiro atoms. The highest BCUT2D eigenvalue weighted by molar-refractivity contribution is 5.89. The number of alkyl halides is 3. The number of carbonyl (C=O) groups is 1. The van der Waals surface area contributed by atoms with E-state index in [9.17, 15) is 18.0 Å². The van der Waals surface area contributed by atoms with Crippen molar-refractivity contribution in [1.29, 1.82) is 0 Å². The van der Waals surface area contributed by atoms with E-state index in [1.54, 1.807) is 0 Å². The van der Waals surface area contributed by atoms with Crippen LogP contribution in [0.15, 0.2) is 24.3 Å². The van der Waals surface area contributed by atoms with Gasteiger partial charge in [0.1, 0.15) is 5.75 Å². The molecule has 1 aromatic carbocycles. The van der Waals surface area contributed by atoms with Crippen LogP contribution in [0.1, 0.15) is 6.42 Å². The number of hydrogen-bond acceptors (Lipinski definition) is 3. The Labute approximate surface area is 118 Å². The molecule has 3 atom stereocenters. The summed E-state index contributed by atoms with van der Waals surface area (Å²) in [5.41, 5.74) is 0.404. The third kappa shape index (κ3) is 3.21. The first kappa shape index (κ1) is 14.0. The van der Waals surface area contributed by atoms with Crippen molar-refractivity contribution in [1.82, 2.24) is 10.6 Å². The molecule has 5 nitrogen and oxygen atoms in total. The second-order valence-corrected chi connectivity index (χ2v) is 5.21. The molecule has 2 saturated heterocycles. The van der Waals surface area contributed by atoms with Crippen molar-refractivity contribution in [2.45, 2.75) is 24.9 Å². The number of rotatable bonds is 3. The lowest BCUT2D eigenvalue weighted by atomic mass is 9.80. The molecule has 2 amide bonds. The molecule has 114 valence electrons. The maximum absolute atomic E-state index is 12.0. The standard InChI is InChI=1S/C13H14F3N3O2/c14-13(15,16)21-9-3-1-8(2-4-9)18-12(20)19-11-7-5-10(11)17-6-7/h1-4,7,10-11,17H,5-6H2,(H2,18,19,20)/t7-,10-,11?/m1/s1. The van der Waals surface area contributed by atoms with Crippen LogP contribution in [0, 0.1) is 5.92 Å². The van der Waals surface area contributed by atoms with Crippen molar-refractivity contribution in [3.63, 3.8) is 0 Å². The van der Waals surface area contributed by atoms with Crippen molar-refractivity contribution < 1.29 is 22.7 Å². The number of fused-ring (bicyclic) bond motifs is 1. The number of nitrogens with one attached hydrogen (secondary N) is 3. The van der Waals surface area contributed by atoms with Gasteiger partial charge in [-0.15, -0.1) is 13.2 Å². The molecule has 0 radical (unpaired) electrons. The quantitative estimate of drug-likeness (QED) is 0.801. The zero-order chi connectivity index (χ0) is 15.0. The van der Waals surface area contributed by atoms with Crippen LogP contribution in [0.25, 0.3) is 0 Å². The summed E-state index contributed by atoms with van der Waals surface area (Å²) >= 11 is 0. The number of ether oxygens (including phenoxy) is 1. The Balaban J connectivity index is 1.51. The van der Waals surface area contributed by atoms with Crippen LogP contribution >= 0.6 is 0 Å². The summed E-state index contributed by atoms with van der Waals surface area (Å²) in [6, 6.07) is 5.13. The number of anilines is 1. The molecule has 2 heterocycles. The van der Waals surface area contributed by atoms with Crippen LogP contribution in [0.5, 0.6) is 5.75 Å². The van der Waals surface area contributed by atoms with E-state index in [1.807, 2.05) is 0 Å². The average Bonchev–Trinajstić information content (AvgIpc) is 3.00. The molecule has 8 heteroatoms. The summed E-state index contributed by atoms with van der Waals surface area (Å²) in [5.74, 6) is 0.151. The van der Waals surface area contributed by atoms with Gasteiger partial charge in [0.05, 0.1) is 0 Å². The number of benzene rings is 1. The Morgan fingerprint density at radius 1 is 1.29 bits per heavy atom. The molecule has 2 bridgehead atoms. The predicted molar refractivity (Wildman–Crippen MR) is 69.0 cm³/mol. The Bertz CT molecular complexity index is 518. The van der Waals surface area contributed by atoms with Gasteiger partial charge in [0, 0.05) is 24.3 Å². The minimum atomic E-state index is -4.72. The first-order valence-corrected chi connectivity index (χ1v) is 6.57. The van der Waals surface area contributed by atoms with E-state index in [0.717, 1.165) is 25.1 Å². The maximum Gasteiger partial charge on any atom is 0.573 e. The lowest BCUT2D eigenvalue weighted by Gasteiger charge is -2.34. The lowest BCUT2D eigenvalue weighted by Crippen LogP contribution is -2.55. The Kier molecular flexibility index (Phi) is 3.40. The topological polar surface area (TPSA) is 62.4 Å². The summed E-state index contributed by atoms with van der Waals surface area (Å²) in [5, 5.41) is 8.72. The van der Waals surface area contributed by atoms with Crippen LogP contribution < -0.4 is 20.7 Å². The van der Waals surface area contributed by atoms with E-state index in [-0.39, 0.29) is 17.8 Å². The van der Waals surface area contributed by atoms with Crippen molar-refractivity contribution in [3.8, 4) is 5.75 Å². The number of halogens is 3. The number of carbonyl (C=O) groups excluding carboxylic acids is 1. The molecule has 3 fully saturated rings. The molecule has 3 aliphatic rings. The van der Waals surface area contributed by atoms with Gasteiger partial charge in [0.2, 0.25) is 0 Å². The molecule has 1 saturated carbocycles. The Morgan fingerprint density at radius 2 is 2.00 bits per heavy atom. The molecule has 4 rings (SSSR count). The molecule has 3 N–H and O–H groups in total. The lowest BCUT2D eigenvalue weighted by molar-refractivity contribution is -0.274. The van der Waals surface area contributed by atoms with Crippen LogP contribution in [-0.2, 0) is 0 Å². The monoisotopic (exact) mass is 301 g/mol. The molecular formula is C13H14F3N3O2. The molecule has 21 heavy (non-hydrogen) atoms. The SMILES string of the molecule is O=C(Nc1ccc(OC(F)(F)F)cc1)NC1[C@H]2CN[C@@H]1C2. The van der Waals surface area contributed by atoms with Crippen LogP contribution in [-0.4, -0.2) is 31.0 Å². The number of hydrogen-bond donors (Lipinski definition) is 3. The first-order valence-electron chi connectivity index (χ1n) is 6.57. The highest BCUT2D eigenvalue weighted by atomic mass is 19.4. The van der Waals surface area contributed by atoms with Gasteiger partial charge < -0.3 is 20.7 Å². The van der Waals surface area contributed by atoms with Gasteiger partial charge in [-0.05, 0) is 36.6 Å². The van der Waals surface area contributed by atoms with E-state index >= 15 is 0 Å². The van der Waals surface area contributed by atoms with E-state index < -0.39 is 6.36 Å². The second kappa shape index (κ2) is 5.10. The molecule has 2 aliphatic heterocycles.